The van der Waals surface area contributed by atoms with Crippen LogP contribution in [0.4, 0.5) is 0 Å². The molecular weight excluding hydrogens is 326 g/mol. The first-order chi connectivity index (χ1) is 12.6. The molecule has 0 bridgehead atoms. The Balaban J connectivity index is 1.55. The molecule has 4 rings (SSSR count). The highest BCUT2D eigenvalue weighted by Gasteiger charge is 2.28. The fraction of sp³-hybridized carbons (Fsp3) is 0.350. The van der Waals surface area contributed by atoms with E-state index in [1.807, 2.05) is 64.6 Å². The minimum atomic E-state index is 0.0539. The quantitative estimate of drug-likeness (QED) is 0.730. The van der Waals surface area contributed by atoms with E-state index >= 15 is 0 Å². The molecule has 1 atom stereocenters. The van der Waals surface area contributed by atoms with Gasteiger partial charge in [0.2, 0.25) is 0 Å². The average molecular weight is 349 g/mol. The number of nitrogens with zero attached hydrogens (tertiary/aromatic N) is 5. The van der Waals surface area contributed by atoms with Gasteiger partial charge in [-0.15, -0.1) is 0 Å². The lowest BCUT2D eigenvalue weighted by molar-refractivity contribution is 0.0672. The largest absolute Gasteiger partial charge is 0.336 e. The van der Waals surface area contributed by atoms with Crippen molar-refractivity contribution in [3.63, 3.8) is 0 Å². The molecule has 2 aromatic heterocycles. The van der Waals surface area contributed by atoms with Gasteiger partial charge < -0.3 is 4.90 Å². The van der Waals surface area contributed by atoms with Gasteiger partial charge >= 0.3 is 0 Å². The van der Waals surface area contributed by atoms with Gasteiger partial charge in [0.1, 0.15) is 0 Å². The molecule has 0 N–H and O–H groups in total. The van der Waals surface area contributed by atoms with Crippen LogP contribution < -0.4 is 0 Å². The number of benzene rings is 1. The third kappa shape index (κ3) is 3.03. The van der Waals surface area contributed by atoms with Gasteiger partial charge in [-0.25, -0.2) is 4.68 Å². The van der Waals surface area contributed by atoms with Crippen LogP contribution in [-0.2, 0) is 0 Å². The first-order valence-electron chi connectivity index (χ1n) is 9.03. The molecule has 3 aromatic rings. The Morgan fingerprint density at radius 2 is 1.92 bits per heavy atom. The number of likely N-dealkylation sites (tertiary alicyclic amines) is 1. The molecule has 0 radical (unpaired) electrons. The van der Waals surface area contributed by atoms with Crippen LogP contribution in [0.5, 0.6) is 0 Å². The monoisotopic (exact) mass is 349 g/mol. The van der Waals surface area contributed by atoms with Crippen LogP contribution in [0.15, 0.2) is 48.9 Å². The number of aryl methyl sites for hydroxylation is 1. The van der Waals surface area contributed by atoms with Crippen molar-refractivity contribution >= 4 is 5.91 Å². The molecule has 1 saturated heterocycles. The Labute approximate surface area is 153 Å². The third-order valence-corrected chi connectivity index (χ3v) is 5.03. The second-order valence-corrected chi connectivity index (χ2v) is 6.94. The molecule has 1 aromatic carbocycles. The number of hydrogen-bond acceptors (Lipinski definition) is 3. The Kier molecular flexibility index (Phi) is 4.32. The number of carbonyl (C=O) groups is 1. The zero-order chi connectivity index (χ0) is 18.1. The van der Waals surface area contributed by atoms with E-state index in [2.05, 4.69) is 16.4 Å². The minimum Gasteiger partial charge on any atom is -0.336 e. The summed E-state index contributed by atoms with van der Waals surface area (Å²) in [6.45, 7) is 5.46. The van der Waals surface area contributed by atoms with Crippen molar-refractivity contribution in [2.24, 2.45) is 0 Å². The molecular formula is C20H23N5O. The maximum Gasteiger partial charge on any atom is 0.257 e. The maximum atomic E-state index is 13.1. The number of amides is 1. The van der Waals surface area contributed by atoms with E-state index < -0.39 is 0 Å². The predicted molar refractivity (Wildman–Crippen MR) is 99.4 cm³/mol. The summed E-state index contributed by atoms with van der Waals surface area (Å²) < 4.78 is 3.82. The number of rotatable bonds is 3. The molecule has 6 nitrogen and oxygen atoms in total. The van der Waals surface area contributed by atoms with Gasteiger partial charge in [0.25, 0.3) is 5.91 Å². The second-order valence-electron chi connectivity index (χ2n) is 6.94. The normalized spacial score (nSPS) is 17.5. The minimum absolute atomic E-state index is 0.0539. The first kappa shape index (κ1) is 16.6. The highest BCUT2D eigenvalue weighted by molar-refractivity contribution is 5.95. The van der Waals surface area contributed by atoms with E-state index in [4.69, 9.17) is 0 Å². The van der Waals surface area contributed by atoms with Gasteiger partial charge in [0.05, 0.1) is 35.4 Å². The standard InChI is InChI=1S/C20H23N5O/c1-15-11-21-24(13-15)18-9-6-10-23(14-18)20(26)19-12-22-25(16(19)2)17-7-4-3-5-8-17/h3-5,7-8,11-13,18H,6,9-10,14H2,1-2H3/t18-/m1/s1. The van der Waals surface area contributed by atoms with Gasteiger partial charge in [-0.3, -0.25) is 9.48 Å². The zero-order valence-corrected chi connectivity index (χ0v) is 15.2. The summed E-state index contributed by atoms with van der Waals surface area (Å²) in [4.78, 5) is 15.0. The molecule has 0 unspecified atom stereocenters. The Hall–Kier alpha value is -2.89. The number of carbonyl (C=O) groups excluding carboxylic acids is 1. The summed E-state index contributed by atoms with van der Waals surface area (Å²) in [5.74, 6) is 0.0539. The Morgan fingerprint density at radius 3 is 2.65 bits per heavy atom. The summed E-state index contributed by atoms with van der Waals surface area (Å²) in [5, 5.41) is 8.86. The van der Waals surface area contributed by atoms with Crippen LogP contribution in [0.2, 0.25) is 0 Å². The van der Waals surface area contributed by atoms with Gasteiger partial charge in [-0.05, 0) is 44.4 Å². The summed E-state index contributed by atoms with van der Waals surface area (Å²) in [7, 11) is 0. The Morgan fingerprint density at radius 1 is 1.12 bits per heavy atom. The van der Waals surface area contributed by atoms with Crippen molar-refractivity contribution in [3.05, 3.63) is 65.7 Å². The van der Waals surface area contributed by atoms with Crippen molar-refractivity contribution in [1.82, 2.24) is 24.5 Å². The van der Waals surface area contributed by atoms with E-state index in [1.165, 1.54) is 0 Å². The highest BCUT2D eigenvalue weighted by atomic mass is 16.2. The molecule has 134 valence electrons. The van der Waals surface area contributed by atoms with Crippen molar-refractivity contribution in [1.29, 1.82) is 0 Å². The lowest BCUT2D eigenvalue weighted by atomic mass is 10.0. The summed E-state index contributed by atoms with van der Waals surface area (Å²) in [5.41, 5.74) is 3.66. The smallest absolute Gasteiger partial charge is 0.257 e. The van der Waals surface area contributed by atoms with Crippen LogP contribution in [0.1, 0.15) is 40.5 Å². The first-order valence-corrected chi connectivity index (χ1v) is 9.03. The SMILES string of the molecule is Cc1cnn([C@@H]2CCCN(C(=O)c3cnn(-c4ccccc4)c3C)C2)c1. The van der Waals surface area contributed by atoms with E-state index in [-0.39, 0.29) is 11.9 Å². The molecule has 1 amide bonds. The third-order valence-electron chi connectivity index (χ3n) is 5.03. The van der Waals surface area contributed by atoms with Crippen molar-refractivity contribution in [2.75, 3.05) is 13.1 Å². The number of para-hydroxylation sites is 1. The number of aromatic nitrogens is 4. The van der Waals surface area contributed by atoms with E-state index in [9.17, 15) is 4.79 Å². The van der Waals surface area contributed by atoms with E-state index in [0.717, 1.165) is 36.3 Å². The average Bonchev–Trinajstić information content (AvgIpc) is 3.28. The van der Waals surface area contributed by atoms with Gasteiger partial charge in [0, 0.05) is 19.3 Å². The number of piperidine rings is 1. The molecule has 1 fully saturated rings. The van der Waals surface area contributed by atoms with Crippen LogP contribution >= 0.6 is 0 Å². The van der Waals surface area contributed by atoms with Crippen LogP contribution in [0.3, 0.4) is 0 Å². The zero-order valence-electron chi connectivity index (χ0n) is 15.2. The fourth-order valence-corrected chi connectivity index (χ4v) is 3.61. The number of hydrogen-bond donors (Lipinski definition) is 0. The van der Waals surface area contributed by atoms with E-state index in [1.54, 1.807) is 6.20 Å². The fourth-order valence-electron chi connectivity index (χ4n) is 3.61. The lowest BCUT2D eigenvalue weighted by Crippen LogP contribution is -2.41. The maximum absolute atomic E-state index is 13.1. The van der Waals surface area contributed by atoms with Gasteiger partial charge in [-0.1, -0.05) is 18.2 Å². The van der Waals surface area contributed by atoms with Crippen LogP contribution in [0.25, 0.3) is 5.69 Å². The Bertz CT molecular complexity index is 911. The summed E-state index contributed by atoms with van der Waals surface area (Å²) >= 11 is 0. The van der Waals surface area contributed by atoms with Crippen molar-refractivity contribution < 1.29 is 4.79 Å². The van der Waals surface area contributed by atoms with Crippen LogP contribution in [-0.4, -0.2) is 43.5 Å². The molecule has 6 heteroatoms. The molecule has 0 aliphatic carbocycles. The topological polar surface area (TPSA) is 56.0 Å². The van der Waals surface area contributed by atoms with Gasteiger partial charge in [0.15, 0.2) is 0 Å². The summed E-state index contributed by atoms with van der Waals surface area (Å²) in [6, 6.07) is 10.1. The molecule has 26 heavy (non-hydrogen) atoms. The van der Waals surface area contributed by atoms with Crippen molar-refractivity contribution in [3.8, 4) is 5.69 Å². The molecule has 0 saturated carbocycles. The second kappa shape index (κ2) is 6.78. The highest BCUT2D eigenvalue weighted by Crippen LogP contribution is 2.24. The van der Waals surface area contributed by atoms with E-state index in [0.29, 0.717) is 12.1 Å². The summed E-state index contributed by atoms with van der Waals surface area (Å²) in [6.07, 6.45) is 7.65. The van der Waals surface area contributed by atoms with Crippen molar-refractivity contribution in [2.45, 2.75) is 32.7 Å². The molecule has 1 aliphatic heterocycles. The lowest BCUT2D eigenvalue weighted by Gasteiger charge is -2.32. The van der Waals surface area contributed by atoms with Crippen LogP contribution in [0, 0.1) is 13.8 Å². The molecule has 1 aliphatic rings. The van der Waals surface area contributed by atoms with Gasteiger partial charge in [-0.2, -0.15) is 10.2 Å². The molecule has 3 heterocycles. The molecule has 0 spiro atoms. The predicted octanol–water partition coefficient (Wildman–Crippen LogP) is 3.16.